The summed E-state index contributed by atoms with van der Waals surface area (Å²) in [7, 11) is 0. The van der Waals surface area contributed by atoms with Gasteiger partial charge in [-0.05, 0) is 12.1 Å². The second-order valence-corrected chi connectivity index (χ2v) is 2.52. The van der Waals surface area contributed by atoms with E-state index in [9.17, 15) is 17.6 Å². The van der Waals surface area contributed by atoms with Crippen LogP contribution >= 0.6 is 0 Å². The molecule has 1 rings (SSSR count). The Morgan fingerprint density at radius 2 is 1.69 bits per heavy atom. The van der Waals surface area contributed by atoms with Crippen LogP contribution in [-0.4, -0.2) is 6.67 Å². The van der Waals surface area contributed by atoms with Crippen LogP contribution in [0.1, 0.15) is 11.6 Å². The zero-order chi connectivity index (χ0) is 10.0. The predicted molar refractivity (Wildman–Crippen MR) is 39.2 cm³/mol. The lowest BCUT2D eigenvalue weighted by atomic mass is 10.1. The van der Waals surface area contributed by atoms with Gasteiger partial charge in [0.05, 0.1) is 6.04 Å². The summed E-state index contributed by atoms with van der Waals surface area (Å²) in [6.07, 6.45) is 0. The summed E-state index contributed by atoms with van der Waals surface area (Å²) in [5, 5.41) is 0. The third kappa shape index (κ3) is 1.80. The van der Waals surface area contributed by atoms with Crippen molar-refractivity contribution >= 4 is 0 Å². The van der Waals surface area contributed by atoms with Crippen LogP contribution in [0.25, 0.3) is 0 Å². The van der Waals surface area contributed by atoms with Gasteiger partial charge in [-0.15, -0.1) is 0 Å². The van der Waals surface area contributed by atoms with Crippen LogP contribution in [-0.2, 0) is 0 Å². The lowest BCUT2D eigenvalue weighted by molar-refractivity contribution is 0.402. The van der Waals surface area contributed by atoms with Gasteiger partial charge in [0.1, 0.15) is 12.5 Å². The molecule has 2 N–H and O–H groups in total. The summed E-state index contributed by atoms with van der Waals surface area (Å²) in [5.41, 5.74) is 4.30. The van der Waals surface area contributed by atoms with Crippen LogP contribution in [0.15, 0.2) is 12.1 Å². The average Bonchev–Trinajstić information content (AvgIpc) is 2.12. The zero-order valence-electron chi connectivity index (χ0n) is 6.53. The van der Waals surface area contributed by atoms with E-state index < -0.39 is 35.7 Å². The molecule has 5 heteroatoms. The van der Waals surface area contributed by atoms with E-state index in [1.807, 2.05) is 0 Å². The van der Waals surface area contributed by atoms with Gasteiger partial charge in [-0.2, -0.15) is 0 Å². The molecule has 0 amide bonds. The highest BCUT2D eigenvalue weighted by Gasteiger charge is 2.19. The fourth-order valence-electron chi connectivity index (χ4n) is 0.960. The molecule has 0 heterocycles. The maximum Gasteiger partial charge on any atom is 0.166 e. The molecule has 0 spiro atoms. The van der Waals surface area contributed by atoms with E-state index >= 15 is 0 Å². The van der Waals surface area contributed by atoms with Crippen molar-refractivity contribution in [3.63, 3.8) is 0 Å². The van der Waals surface area contributed by atoms with Crippen molar-refractivity contribution in [2.75, 3.05) is 6.67 Å². The number of rotatable bonds is 2. The molecule has 0 aliphatic heterocycles. The molecule has 1 atom stereocenters. The van der Waals surface area contributed by atoms with Crippen molar-refractivity contribution in [2.45, 2.75) is 6.04 Å². The number of nitrogens with two attached hydrogens (primary N) is 1. The second-order valence-electron chi connectivity index (χ2n) is 2.52. The molecule has 1 aromatic rings. The predicted octanol–water partition coefficient (Wildman–Crippen LogP) is 2.07. The van der Waals surface area contributed by atoms with Gasteiger partial charge in [0, 0.05) is 5.56 Å². The Bertz CT molecular complexity index is 313. The lowest BCUT2D eigenvalue weighted by Crippen LogP contribution is -2.16. The molecule has 0 fully saturated rings. The van der Waals surface area contributed by atoms with Crippen LogP contribution < -0.4 is 5.73 Å². The van der Waals surface area contributed by atoms with E-state index in [4.69, 9.17) is 5.73 Å². The van der Waals surface area contributed by atoms with E-state index in [0.717, 1.165) is 0 Å². The minimum atomic E-state index is -1.46. The van der Waals surface area contributed by atoms with Gasteiger partial charge in [-0.1, -0.05) is 0 Å². The average molecular weight is 193 g/mol. The van der Waals surface area contributed by atoms with E-state index in [1.165, 1.54) is 0 Å². The highest BCUT2D eigenvalue weighted by molar-refractivity contribution is 5.24. The van der Waals surface area contributed by atoms with E-state index in [-0.39, 0.29) is 0 Å². The molecule has 0 aromatic heterocycles. The fourth-order valence-corrected chi connectivity index (χ4v) is 0.960. The first kappa shape index (κ1) is 9.98. The van der Waals surface area contributed by atoms with Crippen LogP contribution in [0, 0.1) is 17.5 Å². The summed E-state index contributed by atoms with van der Waals surface area (Å²) in [6.45, 7) is -1.14. The van der Waals surface area contributed by atoms with Crippen molar-refractivity contribution in [1.29, 1.82) is 0 Å². The minimum Gasteiger partial charge on any atom is -0.322 e. The molecule has 1 aromatic carbocycles. The highest BCUT2D eigenvalue weighted by atomic mass is 19.2. The third-order valence-corrected chi connectivity index (χ3v) is 1.62. The van der Waals surface area contributed by atoms with Gasteiger partial charge in [0.15, 0.2) is 11.6 Å². The Labute approximate surface area is 72.2 Å². The first-order valence-corrected chi connectivity index (χ1v) is 3.53. The van der Waals surface area contributed by atoms with Gasteiger partial charge < -0.3 is 5.73 Å². The molecule has 0 saturated carbocycles. The SMILES string of the molecule is N[C@H](CF)c1c(F)ccc(F)c1F. The standard InChI is InChI=1S/C8H7F4N/c9-3-6(13)7-4(10)1-2-5(11)8(7)12/h1-2,6H,3,13H2/t6-/m1/s1. The quantitative estimate of drug-likeness (QED) is 0.564. The molecule has 0 saturated heterocycles. The fraction of sp³-hybridized carbons (Fsp3) is 0.250. The summed E-state index contributed by atoms with van der Waals surface area (Å²) < 4.78 is 50.2. The van der Waals surface area contributed by atoms with Crippen molar-refractivity contribution in [3.8, 4) is 0 Å². The largest absolute Gasteiger partial charge is 0.322 e. The molecular formula is C8H7F4N. The minimum absolute atomic E-state index is 0.624. The molecule has 0 unspecified atom stereocenters. The molecule has 0 radical (unpaired) electrons. The third-order valence-electron chi connectivity index (χ3n) is 1.62. The molecule has 13 heavy (non-hydrogen) atoms. The summed E-state index contributed by atoms with van der Waals surface area (Å²) in [4.78, 5) is 0. The lowest BCUT2D eigenvalue weighted by Gasteiger charge is -2.09. The summed E-state index contributed by atoms with van der Waals surface area (Å²) >= 11 is 0. The second kappa shape index (κ2) is 3.74. The van der Waals surface area contributed by atoms with Crippen molar-refractivity contribution in [2.24, 2.45) is 5.73 Å². The van der Waals surface area contributed by atoms with Crippen molar-refractivity contribution in [1.82, 2.24) is 0 Å². The molecule has 0 aliphatic carbocycles. The normalized spacial score (nSPS) is 13.0. The van der Waals surface area contributed by atoms with Crippen molar-refractivity contribution < 1.29 is 17.6 Å². The van der Waals surface area contributed by atoms with E-state index in [0.29, 0.717) is 12.1 Å². The molecule has 0 bridgehead atoms. The Morgan fingerprint density at radius 1 is 1.15 bits per heavy atom. The van der Waals surface area contributed by atoms with Gasteiger partial charge in [0.25, 0.3) is 0 Å². The van der Waals surface area contributed by atoms with Crippen LogP contribution in [0.3, 0.4) is 0 Å². The van der Waals surface area contributed by atoms with Gasteiger partial charge in [-0.3, -0.25) is 0 Å². The van der Waals surface area contributed by atoms with Crippen LogP contribution in [0.5, 0.6) is 0 Å². The Balaban J connectivity index is 3.25. The van der Waals surface area contributed by atoms with Gasteiger partial charge >= 0.3 is 0 Å². The Kier molecular flexibility index (Phi) is 2.87. The smallest absolute Gasteiger partial charge is 0.166 e. The summed E-state index contributed by atoms with van der Waals surface area (Å²) in [5.74, 6) is -3.70. The zero-order valence-corrected chi connectivity index (χ0v) is 6.53. The monoisotopic (exact) mass is 193 g/mol. The van der Waals surface area contributed by atoms with Crippen LogP contribution in [0.4, 0.5) is 17.6 Å². The number of hydrogen-bond donors (Lipinski definition) is 1. The first-order chi connectivity index (χ1) is 6.07. The van der Waals surface area contributed by atoms with Gasteiger partial charge in [0.2, 0.25) is 0 Å². The van der Waals surface area contributed by atoms with Gasteiger partial charge in [-0.25, -0.2) is 17.6 Å². The first-order valence-electron chi connectivity index (χ1n) is 3.53. The maximum absolute atomic E-state index is 12.8. The molecule has 1 nitrogen and oxygen atoms in total. The number of benzene rings is 1. The van der Waals surface area contributed by atoms with Crippen molar-refractivity contribution in [3.05, 3.63) is 35.1 Å². The molecule has 0 aliphatic rings. The van der Waals surface area contributed by atoms with E-state index in [1.54, 1.807) is 0 Å². The topological polar surface area (TPSA) is 26.0 Å². The number of hydrogen-bond acceptors (Lipinski definition) is 1. The Hall–Kier alpha value is -1.10. The number of alkyl halides is 1. The maximum atomic E-state index is 12.8. The number of halogens is 4. The Morgan fingerprint density at radius 3 is 2.23 bits per heavy atom. The molecular weight excluding hydrogens is 186 g/mol. The van der Waals surface area contributed by atoms with Crippen LogP contribution in [0.2, 0.25) is 0 Å². The van der Waals surface area contributed by atoms with E-state index in [2.05, 4.69) is 0 Å². The summed E-state index contributed by atoms with van der Waals surface area (Å²) in [6, 6.07) is -0.127. The molecule has 72 valence electrons. The highest BCUT2D eigenvalue weighted by Crippen LogP contribution is 2.21.